The van der Waals surface area contributed by atoms with Crippen molar-refractivity contribution in [3.8, 4) is 0 Å². The lowest BCUT2D eigenvalue weighted by atomic mass is 9.83. The Kier molecular flexibility index (Phi) is 8.04. The number of carbonyl (C=O) groups excluding carboxylic acids is 1. The molecule has 0 atom stereocenters. The molecule has 1 heterocycles. The van der Waals surface area contributed by atoms with Crippen LogP contribution in [0, 0.1) is 5.92 Å². The van der Waals surface area contributed by atoms with Crippen LogP contribution in [-0.4, -0.2) is 53.2 Å². The molecule has 0 bridgehead atoms. The molecule has 0 aliphatic carbocycles. The van der Waals surface area contributed by atoms with Gasteiger partial charge in [0.05, 0.1) is 0 Å². The first-order valence-corrected chi connectivity index (χ1v) is 9.82. The number of piperidine rings is 1. The normalized spacial score (nSPS) is 17.4. The maximum atomic E-state index is 12.2. The van der Waals surface area contributed by atoms with E-state index in [1.807, 2.05) is 25.7 Å². The predicted octanol–water partition coefficient (Wildman–Crippen LogP) is 4.92. The van der Waals surface area contributed by atoms with E-state index in [0.717, 1.165) is 25.9 Å². The van der Waals surface area contributed by atoms with E-state index in [1.54, 1.807) is 0 Å². The van der Waals surface area contributed by atoms with E-state index >= 15 is 0 Å². The third-order valence-corrected chi connectivity index (χ3v) is 4.90. The topological polar surface area (TPSA) is 32.8 Å². The van der Waals surface area contributed by atoms with Crippen molar-refractivity contribution in [3.05, 3.63) is 0 Å². The van der Waals surface area contributed by atoms with Crippen molar-refractivity contribution in [2.75, 3.05) is 26.2 Å². The van der Waals surface area contributed by atoms with Crippen LogP contribution < -0.4 is 0 Å². The molecule has 0 N–H and O–H groups in total. The molecular weight excluding hydrogens is 300 g/mol. The number of ether oxygens (including phenoxy) is 1. The fourth-order valence-electron chi connectivity index (χ4n) is 3.74. The van der Waals surface area contributed by atoms with E-state index in [1.165, 1.54) is 32.4 Å². The van der Waals surface area contributed by atoms with Crippen molar-refractivity contribution < 1.29 is 9.53 Å². The summed E-state index contributed by atoms with van der Waals surface area (Å²) in [7, 11) is 0. The minimum absolute atomic E-state index is 0.154. The molecule has 1 fully saturated rings. The Hall–Kier alpha value is -0.770. The Morgan fingerprint density at radius 3 is 1.96 bits per heavy atom. The Balaban J connectivity index is 2.51. The van der Waals surface area contributed by atoms with Crippen molar-refractivity contribution in [3.63, 3.8) is 0 Å². The van der Waals surface area contributed by atoms with E-state index in [9.17, 15) is 4.79 Å². The summed E-state index contributed by atoms with van der Waals surface area (Å²) in [4.78, 5) is 16.7. The van der Waals surface area contributed by atoms with Gasteiger partial charge in [-0.1, -0.05) is 13.8 Å². The summed E-state index contributed by atoms with van der Waals surface area (Å²) in [6.45, 7) is 19.1. The molecule has 0 aromatic rings. The van der Waals surface area contributed by atoms with Gasteiger partial charge in [0.2, 0.25) is 0 Å². The van der Waals surface area contributed by atoms with Gasteiger partial charge in [-0.3, -0.25) is 4.90 Å². The highest BCUT2D eigenvalue weighted by molar-refractivity contribution is 5.68. The lowest BCUT2D eigenvalue weighted by Crippen LogP contribution is -2.48. The average molecular weight is 341 g/mol. The zero-order chi connectivity index (χ0) is 18.4. The smallest absolute Gasteiger partial charge is 0.410 e. The van der Waals surface area contributed by atoms with Crippen LogP contribution >= 0.6 is 0 Å². The molecule has 4 nitrogen and oxygen atoms in total. The van der Waals surface area contributed by atoms with Crippen molar-refractivity contribution in [1.82, 2.24) is 9.80 Å². The molecule has 0 saturated carbocycles. The molecular formula is C20H40N2O2. The first-order valence-electron chi connectivity index (χ1n) is 9.82. The van der Waals surface area contributed by atoms with Gasteiger partial charge in [0, 0.05) is 18.6 Å². The Morgan fingerprint density at radius 2 is 1.54 bits per heavy atom. The number of hydrogen-bond donors (Lipinski definition) is 0. The van der Waals surface area contributed by atoms with Crippen LogP contribution in [-0.2, 0) is 4.74 Å². The summed E-state index contributed by atoms with van der Waals surface area (Å²) in [5.74, 6) is 0.704. The summed E-state index contributed by atoms with van der Waals surface area (Å²) in [5, 5.41) is 0. The van der Waals surface area contributed by atoms with E-state index in [2.05, 4.69) is 32.6 Å². The summed E-state index contributed by atoms with van der Waals surface area (Å²) in [6, 6.07) is 0. The predicted molar refractivity (Wildman–Crippen MR) is 101 cm³/mol. The van der Waals surface area contributed by atoms with E-state index < -0.39 is 5.60 Å². The van der Waals surface area contributed by atoms with Gasteiger partial charge in [0.25, 0.3) is 0 Å². The Bertz CT molecular complexity index is 374. The van der Waals surface area contributed by atoms with Gasteiger partial charge in [0.1, 0.15) is 5.60 Å². The molecule has 0 aromatic heterocycles. The third kappa shape index (κ3) is 7.00. The maximum Gasteiger partial charge on any atom is 0.410 e. The molecule has 0 radical (unpaired) electrons. The number of likely N-dealkylation sites (tertiary alicyclic amines) is 1. The SMILES string of the molecule is CCCN(CCC)C(C)(C)CC1CCN(C(=O)OC(C)(C)C)CC1. The minimum Gasteiger partial charge on any atom is -0.444 e. The molecule has 1 saturated heterocycles. The highest BCUT2D eigenvalue weighted by Gasteiger charge is 2.32. The van der Waals surface area contributed by atoms with Gasteiger partial charge >= 0.3 is 6.09 Å². The second kappa shape index (κ2) is 9.07. The molecule has 0 spiro atoms. The molecule has 1 aliphatic rings. The van der Waals surface area contributed by atoms with E-state index in [-0.39, 0.29) is 11.6 Å². The lowest BCUT2D eigenvalue weighted by Gasteiger charge is -2.42. The largest absolute Gasteiger partial charge is 0.444 e. The maximum absolute atomic E-state index is 12.2. The standard InChI is InChI=1S/C20H40N2O2/c1-8-12-22(13-9-2)20(6,7)16-17-10-14-21(15-11-17)18(23)24-19(3,4)5/h17H,8-16H2,1-7H3. The number of carbonyl (C=O) groups is 1. The summed E-state index contributed by atoms with van der Waals surface area (Å²) >= 11 is 0. The van der Waals surface area contributed by atoms with Gasteiger partial charge in [-0.05, 0) is 85.7 Å². The fraction of sp³-hybridized carbons (Fsp3) is 0.950. The molecule has 0 aromatic carbocycles. The monoisotopic (exact) mass is 340 g/mol. The highest BCUT2D eigenvalue weighted by Crippen LogP contribution is 2.30. The van der Waals surface area contributed by atoms with Gasteiger partial charge in [-0.25, -0.2) is 4.79 Å². The second-order valence-electron chi connectivity index (χ2n) is 8.91. The first-order chi connectivity index (χ1) is 11.1. The van der Waals surface area contributed by atoms with Crippen LogP contribution in [0.5, 0.6) is 0 Å². The molecule has 1 amide bonds. The molecule has 142 valence electrons. The zero-order valence-electron chi connectivity index (χ0n) is 17.2. The number of amides is 1. The van der Waals surface area contributed by atoms with Crippen molar-refractivity contribution in [2.24, 2.45) is 5.92 Å². The van der Waals surface area contributed by atoms with E-state index in [0.29, 0.717) is 5.92 Å². The minimum atomic E-state index is -0.406. The number of hydrogen-bond acceptors (Lipinski definition) is 3. The van der Waals surface area contributed by atoms with Crippen LogP contribution in [0.15, 0.2) is 0 Å². The van der Waals surface area contributed by atoms with Crippen LogP contribution in [0.1, 0.15) is 80.6 Å². The summed E-state index contributed by atoms with van der Waals surface area (Å²) < 4.78 is 5.49. The van der Waals surface area contributed by atoms with Gasteiger partial charge < -0.3 is 9.64 Å². The quantitative estimate of drug-likeness (QED) is 0.659. The molecule has 4 heteroatoms. The number of nitrogens with zero attached hydrogens (tertiary/aromatic N) is 2. The van der Waals surface area contributed by atoms with Crippen LogP contribution in [0.2, 0.25) is 0 Å². The van der Waals surface area contributed by atoms with Crippen LogP contribution in [0.25, 0.3) is 0 Å². The van der Waals surface area contributed by atoms with Crippen LogP contribution in [0.4, 0.5) is 4.79 Å². The molecule has 0 unspecified atom stereocenters. The Labute approximate surface area is 149 Å². The van der Waals surface area contributed by atoms with Crippen molar-refractivity contribution in [1.29, 1.82) is 0 Å². The van der Waals surface area contributed by atoms with E-state index in [4.69, 9.17) is 4.74 Å². The molecule has 1 rings (SSSR count). The molecule has 1 aliphatic heterocycles. The third-order valence-electron chi connectivity index (χ3n) is 4.90. The van der Waals surface area contributed by atoms with Crippen molar-refractivity contribution in [2.45, 2.75) is 91.7 Å². The highest BCUT2D eigenvalue weighted by atomic mass is 16.6. The lowest BCUT2D eigenvalue weighted by molar-refractivity contribution is 0.0145. The zero-order valence-corrected chi connectivity index (χ0v) is 17.2. The second-order valence-corrected chi connectivity index (χ2v) is 8.91. The van der Waals surface area contributed by atoms with Crippen molar-refractivity contribution >= 4 is 6.09 Å². The molecule has 24 heavy (non-hydrogen) atoms. The first kappa shape index (κ1) is 21.3. The van der Waals surface area contributed by atoms with Gasteiger partial charge in [0.15, 0.2) is 0 Å². The number of rotatable bonds is 7. The fourth-order valence-corrected chi connectivity index (χ4v) is 3.74. The van der Waals surface area contributed by atoms with Gasteiger partial charge in [-0.2, -0.15) is 0 Å². The van der Waals surface area contributed by atoms with Crippen LogP contribution in [0.3, 0.4) is 0 Å². The van der Waals surface area contributed by atoms with Gasteiger partial charge in [-0.15, -0.1) is 0 Å². The average Bonchev–Trinajstić information content (AvgIpc) is 2.45. The Morgan fingerprint density at radius 1 is 1.04 bits per heavy atom. The summed E-state index contributed by atoms with van der Waals surface area (Å²) in [5.41, 5.74) is -0.165. The summed E-state index contributed by atoms with van der Waals surface area (Å²) in [6.07, 6.45) is 5.67.